The van der Waals surface area contributed by atoms with Crippen LogP contribution in [0.25, 0.3) is 10.9 Å². The topological polar surface area (TPSA) is 62.4 Å². The van der Waals surface area contributed by atoms with Crippen LogP contribution in [0, 0.1) is 0 Å². The molecule has 0 saturated carbocycles. The summed E-state index contributed by atoms with van der Waals surface area (Å²) >= 11 is 0. The van der Waals surface area contributed by atoms with Crippen LogP contribution in [0.3, 0.4) is 0 Å². The predicted octanol–water partition coefficient (Wildman–Crippen LogP) is 2.89. The molecule has 2 aromatic carbocycles. The molecule has 1 aliphatic rings. The second-order valence-corrected chi connectivity index (χ2v) is 5.79. The number of hydrogen-bond acceptors (Lipinski definition) is 3. The van der Waals surface area contributed by atoms with Gasteiger partial charge in [-0.3, -0.25) is 9.59 Å². The Hall–Kier alpha value is -3.08. The number of carbonyl (C=O) groups excluding carboxylic acids is 2. The number of amides is 1. The number of hydrogen-bond donors (Lipinski definition) is 1. The van der Waals surface area contributed by atoms with Crippen molar-refractivity contribution in [1.29, 1.82) is 0 Å². The van der Waals surface area contributed by atoms with Gasteiger partial charge in [-0.25, -0.2) is 0 Å². The average Bonchev–Trinajstić information content (AvgIpc) is 3.15. The number of fused-ring (bicyclic) bond motifs is 2. The highest BCUT2D eigenvalue weighted by molar-refractivity contribution is 6.02. The van der Waals surface area contributed by atoms with E-state index in [9.17, 15) is 9.59 Å². The van der Waals surface area contributed by atoms with E-state index in [1.807, 2.05) is 48.7 Å². The van der Waals surface area contributed by atoms with Crippen molar-refractivity contribution in [3.8, 4) is 0 Å². The number of aromatic nitrogens is 1. The minimum absolute atomic E-state index is 0.0752. The molecule has 1 aromatic heterocycles. The van der Waals surface area contributed by atoms with E-state index in [2.05, 4.69) is 4.98 Å². The molecule has 24 heavy (non-hydrogen) atoms. The molecule has 3 aromatic rings. The molecule has 0 aliphatic carbocycles. The van der Waals surface area contributed by atoms with Crippen molar-refractivity contribution < 1.29 is 14.3 Å². The van der Waals surface area contributed by atoms with E-state index in [0.717, 1.165) is 22.0 Å². The van der Waals surface area contributed by atoms with Crippen molar-refractivity contribution in [2.45, 2.75) is 6.04 Å². The van der Waals surface area contributed by atoms with Crippen molar-refractivity contribution in [3.05, 3.63) is 71.4 Å². The minimum Gasteiger partial charge on any atom is -0.468 e. The van der Waals surface area contributed by atoms with Gasteiger partial charge in [0, 0.05) is 28.2 Å². The number of methoxy groups -OCH3 is 1. The predicted molar refractivity (Wildman–Crippen MR) is 89.6 cm³/mol. The highest BCUT2D eigenvalue weighted by Gasteiger charge is 2.39. The Labute approximate surface area is 138 Å². The quantitative estimate of drug-likeness (QED) is 0.755. The van der Waals surface area contributed by atoms with E-state index in [1.165, 1.54) is 7.11 Å². The van der Waals surface area contributed by atoms with Gasteiger partial charge >= 0.3 is 5.97 Å². The standard InChI is InChI=1S/C19H16N2O3/c1-24-17(22)11-21-18(13-7-2-3-8-14(13)19(21)23)15-10-20-16-9-5-4-6-12(15)16/h2-10,18,20H,11H2,1H3. The molecule has 2 heterocycles. The number of H-pyrrole nitrogens is 1. The first-order valence-electron chi connectivity index (χ1n) is 7.73. The van der Waals surface area contributed by atoms with Gasteiger partial charge in [0.05, 0.1) is 13.2 Å². The third-order valence-electron chi connectivity index (χ3n) is 4.50. The molecule has 5 nitrogen and oxygen atoms in total. The Balaban J connectivity index is 1.89. The molecule has 0 spiro atoms. The number of esters is 1. The molecule has 1 N–H and O–H groups in total. The summed E-state index contributed by atoms with van der Waals surface area (Å²) in [4.78, 5) is 29.4. The van der Waals surface area contributed by atoms with E-state index in [1.54, 1.807) is 11.0 Å². The van der Waals surface area contributed by atoms with Gasteiger partial charge < -0.3 is 14.6 Å². The maximum Gasteiger partial charge on any atom is 0.325 e. The summed E-state index contributed by atoms with van der Waals surface area (Å²) in [6.45, 7) is -0.0752. The lowest BCUT2D eigenvalue weighted by Crippen LogP contribution is -2.34. The van der Waals surface area contributed by atoms with Crippen molar-refractivity contribution in [2.24, 2.45) is 0 Å². The van der Waals surface area contributed by atoms with Crippen LogP contribution in [0.4, 0.5) is 0 Å². The summed E-state index contributed by atoms with van der Waals surface area (Å²) in [7, 11) is 1.33. The Morgan fingerprint density at radius 3 is 2.71 bits per heavy atom. The summed E-state index contributed by atoms with van der Waals surface area (Å²) in [5.74, 6) is -0.577. The third kappa shape index (κ3) is 2.09. The largest absolute Gasteiger partial charge is 0.468 e. The maximum absolute atomic E-state index is 12.8. The molecule has 5 heteroatoms. The zero-order chi connectivity index (χ0) is 16.7. The molecule has 1 atom stereocenters. The SMILES string of the molecule is COC(=O)CN1C(=O)c2ccccc2C1c1c[nH]c2ccccc12. The maximum atomic E-state index is 12.8. The Bertz CT molecular complexity index is 944. The molecule has 0 fully saturated rings. The van der Waals surface area contributed by atoms with Gasteiger partial charge in [0.2, 0.25) is 0 Å². The Kier molecular flexibility index (Phi) is 3.34. The summed E-state index contributed by atoms with van der Waals surface area (Å²) in [6.07, 6.45) is 1.91. The molecular formula is C19H16N2O3. The normalized spacial score (nSPS) is 16.5. The molecular weight excluding hydrogens is 304 g/mol. The molecule has 0 radical (unpaired) electrons. The van der Waals surface area contributed by atoms with Crippen molar-refractivity contribution >= 4 is 22.8 Å². The molecule has 1 aliphatic heterocycles. The highest BCUT2D eigenvalue weighted by Crippen LogP contribution is 2.40. The molecule has 0 saturated heterocycles. The number of ether oxygens (including phenoxy) is 1. The van der Waals surface area contributed by atoms with Crippen molar-refractivity contribution in [3.63, 3.8) is 0 Å². The fourth-order valence-electron chi connectivity index (χ4n) is 3.39. The van der Waals surface area contributed by atoms with Crippen LogP contribution in [0.15, 0.2) is 54.7 Å². The van der Waals surface area contributed by atoms with Gasteiger partial charge in [0.1, 0.15) is 6.54 Å². The highest BCUT2D eigenvalue weighted by atomic mass is 16.5. The van der Waals surface area contributed by atoms with Crippen molar-refractivity contribution in [2.75, 3.05) is 13.7 Å². The third-order valence-corrected chi connectivity index (χ3v) is 4.50. The van der Waals surface area contributed by atoms with E-state index in [-0.39, 0.29) is 18.5 Å². The van der Waals surface area contributed by atoms with E-state index in [4.69, 9.17) is 4.74 Å². The lowest BCUT2D eigenvalue weighted by molar-refractivity contribution is -0.141. The van der Waals surface area contributed by atoms with Gasteiger partial charge in [0.15, 0.2) is 0 Å². The lowest BCUT2D eigenvalue weighted by atomic mass is 9.97. The van der Waals surface area contributed by atoms with Crippen LogP contribution < -0.4 is 0 Å². The molecule has 120 valence electrons. The van der Waals surface area contributed by atoms with Gasteiger partial charge in [0.25, 0.3) is 5.91 Å². The average molecular weight is 320 g/mol. The molecule has 1 amide bonds. The number of nitrogens with one attached hydrogen (secondary N) is 1. The smallest absolute Gasteiger partial charge is 0.325 e. The first kappa shape index (κ1) is 14.5. The lowest BCUT2D eigenvalue weighted by Gasteiger charge is -2.24. The van der Waals surface area contributed by atoms with Crippen LogP contribution in [-0.2, 0) is 9.53 Å². The van der Waals surface area contributed by atoms with Crippen LogP contribution >= 0.6 is 0 Å². The van der Waals surface area contributed by atoms with E-state index >= 15 is 0 Å². The van der Waals surface area contributed by atoms with Crippen LogP contribution in [0.5, 0.6) is 0 Å². The summed E-state index contributed by atoms with van der Waals surface area (Å²) in [5.41, 5.74) is 3.53. The van der Waals surface area contributed by atoms with Crippen molar-refractivity contribution in [1.82, 2.24) is 9.88 Å². The number of nitrogens with zero attached hydrogens (tertiary/aromatic N) is 1. The van der Waals surface area contributed by atoms with E-state index in [0.29, 0.717) is 5.56 Å². The number of aromatic amines is 1. The van der Waals surface area contributed by atoms with E-state index < -0.39 is 5.97 Å². The fraction of sp³-hybridized carbons (Fsp3) is 0.158. The monoisotopic (exact) mass is 320 g/mol. The van der Waals surface area contributed by atoms with Crippen LogP contribution in [0.1, 0.15) is 27.5 Å². The Morgan fingerprint density at radius 2 is 1.88 bits per heavy atom. The van der Waals surface area contributed by atoms with Crippen LogP contribution in [0.2, 0.25) is 0 Å². The summed E-state index contributed by atoms with van der Waals surface area (Å²) in [5, 5.41) is 1.04. The summed E-state index contributed by atoms with van der Waals surface area (Å²) < 4.78 is 4.77. The Morgan fingerprint density at radius 1 is 1.12 bits per heavy atom. The van der Waals surface area contributed by atoms with Gasteiger partial charge in [-0.05, 0) is 17.7 Å². The number of benzene rings is 2. The second kappa shape index (κ2) is 5.53. The molecule has 1 unspecified atom stereocenters. The van der Waals surface area contributed by atoms with Gasteiger partial charge in [-0.2, -0.15) is 0 Å². The number of para-hydroxylation sites is 1. The first-order chi connectivity index (χ1) is 11.7. The molecule has 4 rings (SSSR count). The fourth-order valence-corrected chi connectivity index (χ4v) is 3.39. The number of rotatable bonds is 3. The van der Waals surface area contributed by atoms with Crippen LogP contribution in [-0.4, -0.2) is 35.4 Å². The molecule has 0 bridgehead atoms. The zero-order valence-corrected chi connectivity index (χ0v) is 13.2. The first-order valence-corrected chi connectivity index (χ1v) is 7.73. The minimum atomic E-state index is -0.430. The van der Waals surface area contributed by atoms with Gasteiger partial charge in [-0.15, -0.1) is 0 Å². The second-order valence-electron chi connectivity index (χ2n) is 5.79. The summed E-state index contributed by atoms with van der Waals surface area (Å²) in [6, 6.07) is 15.1. The zero-order valence-electron chi connectivity index (χ0n) is 13.2. The van der Waals surface area contributed by atoms with Gasteiger partial charge in [-0.1, -0.05) is 36.4 Å². The number of carbonyl (C=O) groups is 2.